The number of rotatable bonds is 9. The molecule has 0 saturated heterocycles. The fourth-order valence-electron chi connectivity index (χ4n) is 5.41. The molecule has 204 valence electrons. The van der Waals surface area contributed by atoms with E-state index in [2.05, 4.69) is 5.32 Å². The number of halogens is 3. The molecule has 0 radical (unpaired) electrons. The van der Waals surface area contributed by atoms with E-state index in [9.17, 15) is 23.2 Å². The fraction of sp³-hybridized carbons (Fsp3) is 0.464. The molecule has 0 spiro atoms. The summed E-state index contributed by atoms with van der Waals surface area (Å²) in [5, 5.41) is 11.7. The smallest absolute Gasteiger partial charge is 0.303 e. The minimum absolute atomic E-state index is 0.0520. The van der Waals surface area contributed by atoms with Gasteiger partial charge in [0.05, 0.1) is 0 Å². The van der Waals surface area contributed by atoms with Crippen molar-refractivity contribution < 1.29 is 37.4 Å². The molecule has 4 rings (SSSR count). The molecule has 1 atom stereocenters. The van der Waals surface area contributed by atoms with E-state index in [0.29, 0.717) is 29.5 Å². The highest BCUT2D eigenvalue weighted by molar-refractivity contribution is 5.98. The minimum Gasteiger partial charge on any atom is -0.488 e. The van der Waals surface area contributed by atoms with E-state index in [1.807, 2.05) is 13.8 Å². The number of aryl methyl sites for hydroxylation is 1. The molecular formula is C28H31F3N2O5. The molecule has 10 heteroatoms. The fourth-order valence-corrected chi connectivity index (χ4v) is 5.41. The summed E-state index contributed by atoms with van der Waals surface area (Å²) < 4.78 is 45.3. The zero-order valence-electron chi connectivity index (χ0n) is 21.4. The van der Waals surface area contributed by atoms with Gasteiger partial charge in [-0.15, -0.1) is 0 Å². The number of alkyl halides is 2. The maximum absolute atomic E-state index is 15.0. The second kappa shape index (κ2) is 11.0. The molecule has 2 amide bonds. The number of amides is 2. The lowest BCUT2D eigenvalue weighted by atomic mass is 9.86. The van der Waals surface area contributed by atoms with Gasteiger partial charge in [-0.2, -0.15) is 0 Å². The van der Waals surface area contributed by atoms with Crippen LogP contribution in [0.15, 0.2) is 30.3 Å². The van der Waals surface area contributed by atoms with Crippen LogP contribution in [0.3, 0.4) is 0 Å². The van der Waals surface area contributed by atoms with Crippen molar-refractivity contribution in [3.8, 4) is 5.75 Å². The van der Waals surface area contributed by atoms with Crippen LogP contribution in [0.5, 0.6) is 5.75 Å². The normalized spacial score (nSPS) is 17.6. The summed E-state index contributed by atoms with van der Waals surface area (Å²) in [6, 6.07) is 6.61. The quantitative estimate of drug-likeness (QED) is 0.473. The number of nitrogens with one attached hydrogen (secondary N) is 1. The lowest BCUT2D eigenvalue weighted by Gasteiger charge is -2.36. The van der Waals surface area contributed by atoms with Crippen LogP contribution in [0.25, 0.3) is 0 Å². The Kier molecular flexibility index (Phi) is 7.99. The third-order valence-electron chi connectivity index (χ3n) is 7.20. The standard InChI is InChI=1S/C28H31F3N2O5/c1-28(2)10-8-17-12-18(14-21(29)25(17)28)32-27(37)26-20-7-6-19(38-15-22(30)31)13-16(20)9-11-33(26)23(34)4-3-5-24(35)36/h6-7,12-14,22,26H,3-5,8-11,15H2,1-2H3,(H,32,37)(H,35,36)/t26-/m1/s1. The first-order valence-electron chi connectivity index (χ1n) is 12.6. The average Bonchev–Trinajstić information content (AvgIpc) is 3.15. The van der Waals surface area contributed by atoms with E-state index in [-0.39, 0.29) is 48.6 Å². The number of hydrogen-bond donors (Lipinski definition) is 2. The molecule has 0 unspecified atom stereocenters. The van der Waals surface area contributed by atoms with Crippen molar-refractivity contribution in [1.29, 1.82) is 0 Å². The van der Waals surface area contributed by atoms with Crippen molar-refractivity contribution in [1.82, 2.24) is 4.90 Å². The SMILES string of the molecule is CC1(C)CCc2cc(NC(=O)[C@H]3c4ccc(OCC(F)F)cc4CCN3C(=O)CCCC(=O)O)cc(F)c21. The zero-order valence-corrected chi connectivity index (χ0v) is 21.4. The van der Waals surface area contributed by atoms with E-state index in [1.165, 1.54) is 17.0 Å². The van der Waals surface area contributed by atoms with Gasteiger partial charge in [-0.05, 0) is 77.6 Å². The van der Waals surface area contributed by atoms with Crippen molar-refractivity contribution in [2.24, 2.45) is 0 Å². The summed E-state index contributed by atoms with van der Waals surface area (Å²) in [5.41, 5.74) is 2.64. The van der Waals surface area contributed by atoms with Gasteiger partial charge in [-0.1, -0.05) is 19.9 Å². The highest BCUT2D eigenvalue weighted by Crippen LogP contribution is 2.41. The number of carbonyl (C=O) groups excluding carboxylic acids is 2. The van der Waals surface area contributed by atoms with Gasteiger partial charge >= 0.3 is 5.97 Å². The average molecular weight is 533 g/mol. The van der Waals surface area contributed by atoms with Gasteiger partial charge in [0.15, 0.2) is 0 Å². The van der Waals surface area contributed by atoms with E-state index >= 15 is 4.39 Å². The molecule has 2 aliphatic rings. The Morgan fingerprint density at radius 3 is 2.61 bits per heavy atom. The van der Waals surface area contributed by atoms with Crippen molar-refractivity contribution in [2.45, 2.75) is 70.3 Å². The topological polar surface area (TPSA) is 95.9 Å². The molecule has 2 N–H and O–H groups in total. The molecule has 1 aliphatic heterocycles. The van der Waals surface area contributed by atoms with Crippen LogP contribution >= 0.6 is 0 Å². The predicted octanol–water partition coefficient (Wildman–Crippen LogP) is 5.01. The van der Waals surface area contributed by atoms with Crippen LogP contribution in [0, 0.1) is 5.82 Å². The zero-order chi connectivity index (χ0) is 27.6. The summed E-state index contributed by atoms with van der Waals surface area (Å²) in [7, 11) is 0. The van der Waals surface area contributed by atoms with Crippen molar-refractivity contribution in [3.63, 3.8) is 0 Å². The number of fused-ring (bicyclic) bond motifs is 2. The number of hydrogen-bond acceptors (Lipinski definition) is 4. The van der Waals surface area contributed by atoms with E-state index in [1.54, 1.807) is 18.2 Å². The van der Waals surface area contributed by atoms with E-state index in [0.717, 1.165) is 12.0 Å². The minimum atomic E-state index is -2.64. The van der Waals surface area contributed by atoms with Gasteiger partial charge in [0.1, 0.15) is 24.2 Å². The Bertz CT molecular complexity index is 1250. The van der Waals surface area contributed by atoms with Gasteiger partial charge in [-0.3, -0.25) is 14.4 Å². The summed E-state index contributed by atoms with van der Waals surface area (Å²) in [6.45, 7) is 3.36. The number of carbonyl (C=O) groups is 3. The van der Waals surface area contributed by atoms with Crippen LogP contribution in [-0.4, -0.2) is 47.4 Å². The van der Waals surface area contributed by atoms with Crippen LogP contribution < -0.4 is 10.1 Å². The Balaban J connectivity index is 1.62. The largest absolute Gasteiger partial charge is 0.488 e. The molecule has 2 aromatic carbocycles. The molecule has 2 aromatic rings. The van der Waals surface area contributed by atoms with Gasteiger partial charge in [0.25, 0.3) is 12.3 Å². The summed E-state index contributed by atoms with van der Waals surface area (Å²) in [4.78, 5) is 39.0. The summed E-state index contributed by atoms with van der Waals surface area (Å²) in [6.07, 6.45) is -0.907. The first-order chi connectivity index (χ1) is 18.0. The third-order valence-corrected chi connectivity index (χ3v) is 7.20. The highest BCUT2D eigenvalue weighted by atomic mass is 19.3. The highest BCUT2D eigenvalue weighted by Gasteiger charge is 2.37. The van der Waals surface area contributed by atoms with Crippen LogP contribution in [0.4, 0.5) is 18.9 Å². The summed E-state index contributed by atoms with van der Waals surface area (Å²) >= 11 is 0. The number of carboxylic acid groups (broad SMARTS) is 1. The van der Waals surface area contributed by atoms with Crippen molar-refractivity contribution in [3.05, 3.63) is 58.4 Å². The number of benzene rings is 2. The Hall–Kier alpha value is -3.56. The van der Waals surface area contributed by atoms with Crippen LogP contribution in [-0.2, 0) is 32.6 Å². The van der Waals surface area contributed by atoms with Gasteiger partial charge in [0.2, 0.25) is 5.91 Å². The maximum atomic E-state index is 15.0. The monoisotopic (exact) mass is 532 g/mol. The van der Waals surface area contributed by atoms with Crippen molar-refractivity contribution >= 4 is 23.5 Å². The number of aliphatic carboxylic acids is 1. The van der Waals surface area contributed by atoms with E-state index < -0.39 is 36.8 Å². The molecule has 0 aromatic heterocycles. The number of carboxylic acids is 1. The van der Waals surface area contributed by atoms with Crippen molar-refractivity contribution in [2.75, 3.05) is 18.5 Å². The Labute approximate surface area is 219 Å². The van der Waals surface area contributed by atoms with Gasteiger partial charge < -0.3 is 20.1 Å². The second-order valence-electron chi connectivity index (χ2n) is 10.4. The molecule has 1 heterocycles. The first-order valence-corrected chi connectivity index (χ1v) is 12.6. The number of anilines is 1. The first kappa shape index (κ1) is 27.5. The number of ether oxygens (including phenoxy) is 1. The van der Waals surface area contributed by atoms with Gasteiger partial charge in [0, 0.05) is 25.1 Å². The lowest BCUT2D eigenvalue weighted by molar-refractivity contribution is -0.140. The predicted molar refractivity (Wildman–Crippen MR) is 134 cm³/mol. The maximum Gasteiger partial charge on any atom is 0.303 e. The lowest BCUT2D eigenvalue weighted by Crippen LogP contribution is -2.45. The second-order valence-corrected chi connectivity index (χ2v) is 10.4. The van der Waals surface area contributed by atoms with Crippen LogP contribution in [0.1, 0.15) is 67.8 Å². The molecule has 0 bridgehead atoms. The molecule has 0 saturated carbocycles. The Morgan fingerprint density at radius 2 is 1.89 bits per heavy atom. The van der Waals surface area contributed by atoms with Crippen LogP contribution in [0.2, 0.25) is 0 Å². The molecule has 7 nitrogen and oxygen atoms in total. The molecule has 1 aliphatic carbocycles. The molecule has 0 fully saturated rings. The van der Waals surface area contributed by atoms with Gasteiger partial charge in [-0.25, -0.2) is 13.2 Å². The molecular weight excluding hydrogens is 501 g/mol. The Morgan fingerprint density at radius 1 is 1.13 bits per heavy atom. The third kappa shape index (κ3) is 5.95. The summed E-state index contributed by atoms with van der Waals surface area (Å²) in [5.74, 6) is -2.11. The number of nitrogens with zero attached hydrogens (tertiary/aromatic N) is 1. The molecule has 38 heavy (non-hydrogen) atoms. The van der Waals surface area contributed by atoms with E-state index in [4.69, 9.17) is 9.84 Å².